The number of likely N-dealkylation sites (tertiary alicyclic amines) is 1. The summed E-state index contributed by atoms with van der Waals surface area (Å²) in [5.74, 6) is 0.753. The van der Waals surface area contributed by atoms with Crippen LogP contribution in [0.15, 0.2) is 0 Å². The summed E-state index contributed by atoms with van der Waals surface area (Å²) in [6, 6.07) is 0. The third-order valence-corrected chi connectivity index (χ3v) is 4.58. The summed E-state index contributed by atoms with van der Waals surface area (Å²) in [6.45, 7) is 10.9. The molecule has 0 unspecified atom stereocenters. The summed E-state index contributed by atoms with van der Waals surface area (Å²) in [5, 5.41) is 3.02. The maximum Gasteiger partial charge on any atom is 0.230 e. The summed E-state index contributed by atoms with van der Waals surface area (Å²) >= 11 is 1.71. The van der Waals surface area contributed by atoms with Crippen LogP contribution in [0.2, 0.25) is 0 Å². The van der Waals surface area contributed by atoms with Crippen LogP contribution in [0.5, 0.6) is 0 Å². The molecule has 1 amide bonds. The number of hydrogen-bond acceptors (Lipinski definition) is 3. The Balaban J connectivity index is 2.01. The van der Waals surface area contributed by atoms with Crippen molar-refractivity contribution in [3.8, 4) is 0 Å². The van der Waals surface area contributed by atoms with Crippen molar-refractivity contribution in [1.29, 1.82) is 0 Å². The molecule has 0 aromatic heterocycles. The lowest BCUT2D eigenvalue weighted by molar-refractivity contribution is -0.118. The molecule has 112 valence electrons. The molecule has 1 aliphatic rings. The summed E-state index contributed by atoms with van der Waals surface area (Å²) in [5.41, 5.74) is 0. The third kappa shape index (κ3) is 9.33. The molecular weight excluding hydrogens is 256 g/mol. The molecule has 1 fully saturated rings. The lowest BCUT2D eigenvalue weighted by Crippen LogP contribution is -2.32. The maximum atomic E-state index is 11.7. The summed E-state index contributed by atoms with van der Waals surface area (Å²) in [7, 11) is 0. The molecule has 0 aliphatic carbocycles. The van der Waals surface area contributed by atoms with Gasteiger partial charge in [-0.3, -0.25) is 4.79 Å². The SMILES string of the molecule is CC(C)(C)SCC(=O)NCCCN1CCCCCC1. The van der Waals surface area contributed by atoms with E-state index >= 15 is 0 Å². The van der Waals surface area contributed by atoms with Crippen molar-refractivity contribution in [3.05, 3.63) is 0 Å². The van der Waals surface area contributed by atoms with Crippen LogP contribution in [-0.2, 0) is 4.79 Å². The molecule has 0 aromatic carbocycles. The molecule has 0 aromatic rings. The van der Waals surface area contributed by atoms with Gasteiger partial charge in [-0.25, -0.2) is 0 Å². The van der Waals surface area contributed by atoms with Gasteiger partial charge in [-0.15, -0.1) is 11.8 Å². The van der Waals surface area contributed by atoms with E-state index in [9.17, 15) is 4.79 Å². The fourth-order valence-corrected chi connectivity index (χ4v) is 2.89. The van der Waals surface area contributed by atoms with Crippen LogP contribution in [0.25, 0.3) is 0 Å². The van der Waals surface area contributed by atoms with Gasteiger partial charge in [-0.05, 0) is 38.9 Å². The highest BCUT2D eigenvalue weighted by Gasteiger charge is 2.13. The quantitative estimate of drug-likeness (QED) is 0.762. The van der Waals surface area contributed by atoms with Gasteiger partial charge in [0, 0.05) is 11.3 Å². The van der Waals surface area contributed by atoms with Gasteiger partial charge in [0.1, 0.15) is 0 Å². The van der Waals surface area contributed by atoms with E-state index in [-0.39, 0.29) is 10.7 Å². The fourth-order valence-electron chi connectivity index (χ4n) is 2.22. The topological polar surface area (TPSA) is 32.3 Å². The van der Waals surface area contributed by atoms with Gasteiger partial charge in [-0.1, -0.05) is 33.6 Å². The van der Waals surface area contributed by atoms with Crippen molar-refractivity contribution in [3.63, 3.8) is 0 Å². The summed E-state index contributed by atoms with van der Waals surface area (Å²) < 4.78 is 0.170. The van der Waals surface area contributed by atoms with E-state index in [1.54, 1.807) is 11.8 Å². The third-order valence-electron chi connectivity index (χ3n) is 3.31. The van der Waals surface area contributed by atoms with Crippen LogP contribution in [-0.4, -0.2) is 47.5 Å². The van der Waals surface area contributed by atoms with Gasteiger partial charge in [0.15, 0.2) is 0 Å². The van der Waals surface area contributed by atoms with Gasteiger partial charge in [0.2, 0.25) is 5.91 Å². The van der Waals surface area contributed by atoms with E-state index in [4.69, 9.17) is 0 Å². The summed E-state index contributed by atoms with van der Waals surface area (Å²) in [6.07, 6.45) is 6.53. The minimum atomic E-state index is 0.170. The van der Waals surface area contributed by atoms with E-state index in [0.717, 1.165) is 19.5 Å². The average molecular weight is 286 g/mol. The molecule has 19 heavy (non-hydrogen) atoms. The number of amides is 1. The number of hydrogen-bond donors (Lipinski definition) is 1. The Labute approximate surface area is 122 Å². The van der Waals surface area contributed by atoms with Gasteiger partial charge in [-0.2, -0.15) is 0 Å². The molecule has 0 radical (unpaired) electrons. The molecule has 3 nitrogen and oxygen atoms in total. The van der Waals surface area contributed by atoms with Crippen molar-refractivity contribution in [2.45, 2.75) is 57.6 Å². The van der Waals surface area contributed by atoms with Crippen molar-refractivity contribution in [1.82, 2.24) is 10.2 Å². The molecule has 1 N–H and O–H groups in total. The standard InChI is InChI=1S/C15H30N2OS/c1-15(2,3)19-13-14(18)16-9-8-12-17-10-6-4-5-7-11-17/h4-13H2,1-3H3,(H,16,18). The summed E-state index contributed by atoms with van der Waals surface area (Å²) in [4.78, 5) is 14.2. The Bertz CT molecular complexity index is 255. The first-order valence-electron chi connectivity index (χ1n) is 7.60. The van der Waals surface area contributed by atoms with E-state index in [1.165, 1.54) is 38.8 Å². The zero-order valence-corrected chi connectivity index (χ0v) is 13.7. The number of thioether (sulfide) groups is 1. The van der Waals surface area contributed by atoms with Gasteiger partial charge >= 0.3 is 0 Å². The molecule has 1 rings (SSSR count). The Morgan fingerprint density at radius 1 is 1.16 bits per heavy atom. The van der Waals surface area contributed by atoms with Crippen LogP contribution in [0.3, 0.4) is 0 Å². The largest absolute Gasteiger partial charge is 0.355 e. The monoisotopic (exact) mass is 286 g/mol. The highest BCUT2D eigenvalue weighted by molar-refractivity contribution is 8.01. The molecule has 0 atom stereocenters. The highest BCUT2D eigenvalue weighted by atomic mass is 32.2. The zero-order valence-electron chi connectivity index (χ0n) is 12.8. The molecule has 1 heterocycles. The fraction of sp³-hybridized carbons (Fsp3) is 0.933. The molecule has 1 aliphatic heterocycles. The predicted molar refractivity (Wildman–Crippen MR) is 84.7 cm³/mol. The number of rotatable bonds is 6. The van der Waals surface area contributed by atoms with Crippen LogP contribution in [0.1, 0.15) is 52.9 Å². The van der Waals surface area contributed by atoms with Gasteiger partial charge in [0.25, 0.3) is 0 Å². The second kappa shape index (κ2) is 8.85. The average Bonchev–Trinajstić information content (AvgIpc) is 2.60. The lowest BCUT2D eigenvalue weighted by Gasteiger charge is -2.20. The van der Waals surface area contributed by atoms with Crippen molar-refractivity contribution in [2.75, 3.05) is 31.9 Å². The van der Waals surface area contributed by atoms with Crippen LogP contribution in [0, 0.1) is 0 Å². The predicted octanol–water partition coefficient (Wildman–Crippen LogP) is 2.90. The molecule has 0 spiro atoms. The molecule has 0 saturated carbocycles. The van der Waals surface area contributed by atoms with Crippen LogP contribution >= 0.6 is 11.8 Å². The van der Waals surface area contributed by atoms with Crippen LogP contribution < -0.4 is 5.32 Å². The van der Waals surface area contributed by atoms with Gasteiger partial charge in [0.05, 0.1) is 5.75 Å². The Morgan fingerprint density at radius 2 is 1.79 bits per heavy atom. The zero-order chi connectivity index (χ0) is 14.1. The highest BCUT2D eigenvalue weighted by Crippen LogP contribution is 2.22. The Hall–Kier alpha value is -0.220. The van der Waals surface area contributed by atoms with Crippen LogP contribution in [0.4, 0.5) is 0 Å². The van der Waals surface area contributed by atoms with E-state index < -0.39 is 0 Å². The number of nitrogens with one attached hydrogen (secondary N) is 1. The first kappa shape index (κ1) is 16.8. The normalized spacial score (nSPS) is 18.1. The van der Waals surface area contributed by atoms with Crippen molar-refractivity contribution in [2.24, 2.45) is 0 Å². The molecule has 4 heteroatoms. The lowest BCUT2D eigenvalue weighted by atomic mass is 10.2. The van der Waals surface area contributed by atoms with Crippen molar-refractivity contribution < 1.29 is 4.79 Å². The minimum absolute atomic E-state index is 0.170. The van der Waals surface area contributed by atoms with E-state index in [2.05, 4.69) is 31.0 Å². The number of nitrogens with zero attached hydrogens (tertiary/aromatic N) is 1. The van der Waals surface area contributed by atoms with Crippen molar-refractivity contribution >= 4 is 17.7 Å². The Morgan fingerprint density at radius 3 is 2.37 bits per heavy atom. The Kier molecular flexibility index (Phi) is 7.84. The number of carbonyl (C=O) groups is 1. The first-order chi connectivity index (χ1) is 8.97. The molecule has 0 bridgehead atoms. The molecule has 1 saturated heterocycles. The maximum absolute atomic E-state index is 11.7. The smallest absolute Gasteiger partial charge is 0.230 e. The minimum Gasteiger partial charge on any atom is -0.355 e. The second-order valence-electron chi connectivity index (χ2n) is 6.36. The second-order valence-corrected chi connectivity index (χ2v) is 8.16. The van der Waals surface area contributed by atoms with Gasteiger partial charge < -0.3 is 10.2 Å². The first-order valence-corrected chi connectivity index (χ1v) is 8.59. The van der Waals surface area contributed by atoms with E-state index in [0.29, 0.717) is 5.75 Å². The number of carbonyl (C=O) groups excluding carboxylic acids is 1. The molecular formula is C15H30N2OS. The van der Waals surface area contributed by atoms with E-state index in [1.807, 2.05) is 0 Å².